The first-order valence-corrected chi connectivity index (χ1v) is 5.95. The molecule has 0 aromatic heterocycles. The number of carbonyl (C=O) groups excluding carboxylic acids is 1. The molecule has 0 spiro atoms. The molecule has 0 aliphatic heterocycles. The molecule has 0 saturated carbocycles. The minimum Gasteiger partial charge on any atom is -0.379 e. The number of amides is 1. The molecule has 98 valence electrons. The lowest BCUT2D eigenvalue weighted by atomic mass is 10.1. The Morgan fingerprint density at radius 2 is 2.00 bits per heavy atom. The Hall–Kier alpha value is -2.36. The monoisotopic (exact) mass is 258 g/mol. The van der Waals surface area contributed by atoms with Crippen molar-refractivity contribution >= 4 is 11.6 Å². The summed E-state index contributed by atoms with van der Waals surface area (Å²) in [5, 5.41) is 2.98. The maximum atomic E-state index is 13.6. The van der Waals surface area contributed by atoms with Crippen LogP contribution >= 0.6 is 0 Å². The number of nitrogens with two attached hydrogens (primary N) is 1. The van der Waals surface area contributed by atoms with Gasteiger partial charge in [0, 0.05) is 12.1 Å². The van der Waals surface area contributed by atoms with Crippen LogP contribution in [-0.4, -0.2) is 5.91 Å². The summed E-state index contributed by atoms with van der Waals surface area (Å²) in [7, 11) is 0. The standard InChI is InChI=1S/C15H15FN2O/c1-10-4-2-3-5-12(10)9-18-14-8-11(15(17)19)6-7-13(14)16/h2-8,18H,9H2,1H3,(H2,17,19). The maximum Gasteiger partial charge on any atom is 0.248 e. The highest BCUT2D eigenvalue weighted by Gasteiger charge is 2.07. The summed E-state index contributed by atoms with van der Waals surface area (Å²) in [5.74, 6) is -0.975. The van der Waals surface area contributed by atoms with Gasteiger partial charge in [0.2, 0.25) is 5.91 Å². The number of anilines is 1. The Balaban J connectivity index is 2.17. The van der Waals surface area contributed by atoms with Crippen molar-refractivity contribution in [2.75, 3.05) is 5.32 Å². The largest absolute Gasteiger partial charge is 0.379 e. The van der Waals surface area contributed by atoms with Crippen molar-refractivity contribution in [3.05, 3.63) is 65.0 Å². The Kier molecular flexibility index (Phi) is 3.80. The average Bonchev–Trinajstić information content (AvgIpc) is 2.39. The molecular weight excluding hydrogens is 243 g/mol. The molecule has 3 nitrogen and oxygen atoms in total. The van der Waals surface area contributed by atoms with Crippen LogP contribution in [0.5, 0.6) is 0 Å². The first-order valence-electron chi connectivity index (χ1n) is 5.95. The lowest BCUT2D eigenvalue weighted by Crippen LogP contribution is -2.12. The summed E-state index contributed by atoms with van der Waals surface area (Å²) in [4.78, 5) is 11.1. The summed E-state index contributed by atoms with van der Waals surface area (Å²) in [6, 6.07) is 11.9. The molecule has 3 N–H and O–H groups in total. The quantitative estimate of drug-likeness (QED) is 0.886. The molecule has 1 amide bonds. The van der Waals surface area contributed by atoms with Crippen LogP contribution < -0.4 is 11.1 Å². The van der Waals surface area contributed by atoms with E-state index < -0.39 is 11.7 Å². The van der Waals surface area contributed by atoms with Crippen LogP contribution in [0.25, 0.3) is 0 Å². The van der Waals surface area contributed by atoms with Gasteiger partial charge in [0.15, 0.2) is 0 Å². The second kappa shape index (κ2) is 5.52. The zero-order valence-corrected chi connectivity index (χ0v) is 10.6. The van der Waals surface area contributed by atoms with E-state index in [-0.39, 0.29) is 11.3 Å². The van der Waals surface area contributed by atoms with E-state index in [1.165, 1.54) is 18.2 Å². The van der Waals surface area contributed by atoms with Crippen LogP contribution in [0.2, 0.25) is 0 Å². The van der Waals surface area contributed by atoms with Gasteiger partial charge in [-0.1, -0.05) is 24.3 Å². The minimum atomic E-state index is -0.570. The van der Waals surface area contributed by atoms with E-state index in [1.807, 2.05) is 31.2 Å². The average molecular weight is 258 g/mol. The van der Waals surface area contributed by atoms with E-state index in [9.17, 15) is 9.18 Å². The molecule has 0 aliphatic carbocycles. The third-order valence-electron chi connectivity index (χ3n) is 2.98. The molecule has 19 heavy (non-hydrogen) atoms. The summed E-state index contributed by atoms with van der Waals surface area (Å²) in [5.41, 5.74) is 7.94. The van der Waals surface area contributed by atoms with E-state index in [0.717, 1.165) is 11.1 Å². The van der Waals surface area contributed by atoms with Gasteiger partial charge in [-0.3, -0.25) is 4.79 Å². The van der Waals surface area contributed by atoms with Crippen molar-refractivity contribution in [3.8, 4) is 0 Å². The van der Waals surface area contributed by atoms with Crippen LogP contribution in [0.3, 0.4) is 0 Å². The van der Waals surface area contributed by atoms with Gasteiger partial charge in [0.05, 0.1) is 5.69 Å². The van der Waals surface area contributed by atoms with E-state index in [0.29, 0.717) is 6.54 Å². The maximum absolute atomic E-state index is 13.6. The predicted octanol–water partition coefficient (Wildman–Crippen LogP) is 2.85. The molecular formula is C15H15FN2O. The molecule has 0 fully saturated rings. The summed E-state index contributed by atoms with van der Waals surface area (Å²) in [6.07, 6.45) is 0. The Morgan fingerprint density at radius 1 is 1.26 bits per heavy atom. The number of halogens is 1. The van der Waals surface area contributed by atoms with Crippen LogP contribution in [0, 0.1) is 12.7 Å². The molecule has 2 rings (SSSR count). The lowest BCUT2D eigenvalue weighted by molar-refractivity contribution is 0.100. The molecule has 0 unspecified atom stereocenters. The van der Waals surface area contributed by atoms with Gasteiger partial charge in [0.25, 0.3) is 0 Å². The van der Waals surface area contributed by atoms with Crippen LogP contribution in [0.1, 0.15) is 21.5 Å². The molecule has 0 saturated heterocycles. The molecule has 0 aliphatic rings. The smallest absolute Gasteiger partial charge is 0.248 e. The van der Waals surface area contributed by atoms with Crippen LogP contribution in [-0.2, 0) is 6.54 Å². The minimum absolute atomic E-state index is 0.277. The van der Waals surface area contributed by atoms with Crippen molar-refractivity contribution in [2.45, 2.75) is 13.5 Å². The van der Waals surface area contributed by atoms with Crippen LogP contribution in [0.4, 0.5) is 10.1 Å². The number of rotatable bonds is 4. The Labute approximate surface area is 111 Å². The predicted molar refractivity (Wildman–Crippen MR) is 73.4 cm³/mol. The number of hydrogen-bond donors (Lipinski definition) is 2. The molecule has 0 atom stereocenters. The van der Waals surface area contributed by atoms with Gasteiger partial charge in [-0.25, -0.2) is 4.39 Å². The molecule has 0 bridgehead atoms. The zero-order valence-electron chi connectivity index (χ0n) is 10.6. The van der Waals surface area contributed by atoms with E-state index in [4.69, 9.17) is 5.73 Å². The highest BCUT2D eigenvalue weighted by atomic mass is 19.1. The number of aryl methyl sites for hydroxylation is 1. The third kappa shape index (κ3) is 3.10. The number of primary amides is 1. The second-order valence-corrected chi connectivity index (χ2v) is 4.34. The van der Waals surface area contributed by atoms with Crippen molar-refractivity contribution in [1.82, 2.24) is 0 Å². The van der Waals surface area contributed by atoms with Gasteiger partial charge in [-0.15, -0.1) is 0 Å². The summed E-state index contributed by atoms with van der Waals surface area (Å²) >= 11 is 0. The van der Waals surface area contributed by atoms with Gasteiger partial charge < -0.3 is 11.1 Å². The fraction of sp³-hybridized carbons (Fsp3) is 0.133. The van der Waals surface area contributed by atoms with Gasteiger partial charge in [0.1, 0.15) is 5.82 Å². The van der Waals surface area contributed by atoms with Crippen molar-refractivity contribution in [2.24, 2.45) is 5.73 Å². The molecule has 2 aromatic carbocycles. The number of hydrogen-bond acceptors (Lipinski definition) is 2. The van der Waals surface area contributed by atoms with Gasteiger partial charge in [-0.05, 0) is 36.2 Å². The Morgan fingerprint density at radius 3 is 2.68 bits per heavy atom. The molecule has 4 heteroatoms. The SMILES string of the molecule is Cc1ccccc1CNc1cc(C(N)=O)ccc1F. The van der Waals surface area contributed by atoms with E-state index in [2.05, 4.69) is 5.32 Å². The van der Waals surface area contributed by atoms with Crippen molar-refractivity contribution < 1.29 is 9.18 Å². The number of nitrogens with one attached hydrogen (secondary N) is 1. The van der Waals surface area contributed by atoms with Crippen molar-refractivity contribution in [1.29, 1.82) is 0 Å². The number of carbonyl (C=O) groups is 1. The van der Waals surface area contributed by atoms with Gasteiger partial charge >= 0.3 is 0 Å². The fourth-order valence-corrected chi connectivity index (χ4v) is 1.81. The van der Waals surface area contributed by atoms with E-state index >= 15 is 0 Å². The topological polar surface area (TPSA) is 55.1 Å². The van der Waals surface area contributed by atoms with E-state index in [1.54, 1.807) is 0 Å². The zero-order chi connectivity index (χ0) is 13.8. The summed E-state index contributed by atoms with van der Waals surface area (Å²) < 4.78 is 13.6. The molecule has 0 heterocycles. The second-order valence-electron chi connectivity index (χ2n) is 4.34. The molecule has 0 radical (unpaired) electrons. The lowest BCUT2D eigenvalue weighted by Gasteiger charge is -2.10. The highest BCUT2D eigenvalue weighted by molar-refractivity contribution is 5.93. The van der Waals surface area contributed by atoms with Crippen LogP contribution in [0.15, 0.2) is 42.5 Å². The highest BCUT2D eigenvalue weighted by Crippen LogP contribution is 2.18. The third-order valence-corrected chi connectivity index (χ3v) is 2.98. The fourth-order valence-electron chi connectivity index (χ4n) is 1.81. The molecule has 2 aromatic rings. The summed E-state index contributed by atoms with van der Waals surface area (Å²) in [6.45, 7) is 2.49. The first-order chi connectivity index (χ1) is 9.08. The normalized spacial score (nSPS) is 10.2. The van der Waals surface area contributed by atoms with Crippen molar-refractivity contribution in [3.63, 3.8) is 0 Å². The first kappa shape index (κ1) is 13.1. The number of benzene rings is 2. The van der Waals surface area contributed by atoms with Gasteiger partial charge in [-0.2, -0.15) is 0 Å². The Bertz CT molecular complexity index is 611.